The summed E-state index contributed by atoms with van der Waals surface area (Å²) < 4.78 is 0. The van der Waals surface area contributed by atoms with E-state index in [0.29, 0.717) is 18.9 Å². The SMILES string of the molecule is CC(C)(C)C(CCN)CCC(=O)Nc1ccccc1. The van der Waals surface area contributed by atoms with Crippen molar-refractivity contribution in [2.24, 2.45) is 17.1 Å². The number of para-hydroxylation sites is 1. The molecule has 0 bridgehead atoms. The lowest BCUT2D eigenvalue weighted by molar-refractivity contribution is -0.116. The summed E-state index contributed by atoms with van der Waals surface area (Å²) in [7, 11) is 0. The van der Waals surface area contributed by atoms with E-state index in [1.54, 1.807) is 0 Å². The quantitative estimate of drug-likeness (QED) is 0.825. The smallest absolute Gasteiger partial charge is 0.224 e. The zero-order chi connectivity index (χ0) is 14.3. The van der Waals surface area contributed by atoms with Gasteiger partial charge in [0.05, 0.1) is 0 Å². The molecular weight excluding hydrogens is 236 g/mol. The van der Waals surface area contributed by atoms with E-state index in [9.17, 15) is 4.79 Å². The minimum absolute atomic E-state index is 0.0810. The molecule has 0 aliphatic carbocycles. The first-order valence-corrected chi connectivity index (χ1v) is 6.98. The average Bonchev–Trinajstić information content (AvgIpc) is 2.34. The molecule has 1 atom stereocenters. The zero-order valence-electron chi connectivity index (χ0n) is 12.3. The van der Waals surface area contributed by atoms with E-state index in [2.05, 4.69) is 26.1 Å². The van der Waals surface area contributed by atoms with Gasteiger partial charge in [0.15, 0.2) is 0 Å². The number of hydrogen-bond donors (Lipinski definition) is 2. The summed E-state index contributed by atoms with van der Waals surface area (Å²) in [5.74, 6) is 0.566. The van der Waals surface area contributed by atoms with Gasteiger partial charge in [-0.05, 0) is 42.9 Å². The van der Waals surface area contributed by atoms with Crippen molar-refractivity contribution in [1.29, 1.82) is 0 Å². The molecule has 106 valence electrons. The van der Waals surface area contributed by atoms with Gasteiger partial charge in [-0.2, -0.15) is 0 Å². The Bertz CT molecular complexity index is 381. The van der Waals surface area contributed by atoms with Crippen molar-refractivity contribution in [2.75, 3.05) is 11.9 Å². The number of carbonyl (C=O) groups is 1. The molecule has 0 aliphatic rings. The summed E-state index contributed by atoms with van der Waals surface area (Å²) in [6.07, 6.45) is 2.41. The van der Waals surface area contributed by atoms with Gasteiger partial charge in [0.2, 0.25) is 5.91 Å². The molecule has 1 aromatic rings. The molecule has 1 unspecified atom stereocenters. The fourth-order valence-electron chi connectivity index (χ4n) is 2.26. The highest BCUT2D eigenvalue weighted by molar-refractivity contribution is 5.90. The number of amides is 1. The Morgan fingerprint density at radius 3 is 2.37 bits per heavy atom. The Labute approximate surface area is 116 Å². The van der Waals surface area contributed by atoms with Gasteiger partial charge in [-0.15, -0.1) is 0 Å². The third-order valence-electron chi connectivity index (χ3n) is 3.52. The maximum atomic E-state index is 11.9. The van der Waals surface area contributed by atoms with Crippen molar-refractivity contribution in [3.8, 4) is 0 Å². The van der Waals surface area contributed by atoms with Crippen molar-refractivity contribution in [2.45, 2.75) is 40.0 Å². The predicted octanol–water partition coefficient (Wildman–Crippen LogP) is 3.42. The van der Waals surface area contributed by atoms with Crippen LogP contribution in [0.15, 0.2) is 30.3 Å². The van der Waals surface area contributed by atoms with Crippen LogP contribution in [0.5, 0.6) is 0 Å². The minimum atomic E-state index is 0.0810. The second-order valence-electron chi connectivity index (χ2n) is 6.09. The van der Waals surface area contributed by atoms with Crippen LogP contribution in [0.4, 0.5) is 5.69 Å². The third kappa shape index (κ3) is 5.88. The summed E-state index contributed by atoms with van der Waals surface area (Å²) in [5.41, 5.74) is 6.72. The Balaban J connectivity index is 2.44. The van der Waals surface area contributed by atoms with E-state index >= 15 is 0 Å². The van der Waals surface area contributed by atoms with Gasteiger partial charge in [0, 0.05) is 12.1 Å². The molecule has 3 N–H and O–H groups in total. The summed E-state index contributed by atoms with van der Waals surface area (Å²) in [6.45, 7) is 7.32. The van der Waals surface area contributed by atoms with Crippen LogP contribution in [0.1, 0.15) is 40.0 Å². The first-order chi connectivity index (χ1) is 8.93. The van der Waals surface area contributed by atoms with Crippen molar-refractivity contribution in [1.82, 2.24) is 0 Å². The number of carbonyl (C=O) groups excluding carboxylic acids is 1. The first kappa shape index (κ1) is 15.7. The van der Waals surface area contributed by atoms with Crippen LogP contribution in [0.3, 0.4) is 0 Å². The largest absolute Gasteiger partial charge is 0.330 e. The maximum absolute atomic E-state index is 11.9. The van der Waals surface area contributed by atoms with E-state index in [1.807, 2.05) is 30.3 Å². The summed E-state index contributed by atoms with van der Waals surface area (Å²) in [5, 5.41) is 2.92. The lowest BCUT2D eigenvalue weighted by Crippen LogP contribution is -2.25. The van der Waals surface area contributed by atoms with Crippen LogP contribution in [-0.4, -0.2) is 12.5 Å². The molecule has 1 amide bonds. The number of nitrogens with one attached hydrogen (secondary N) is 1. The molecule has 0 saturated heterocycles. The van der Waals surface area contributed by atoms with Crippen LogP contribution < -0.4 is 11.1 Å². The third-order valence-corrected chi connectivity index (χ3v) is 3.52. The lowest BCUT2D eigenvalue weighted by atomic mass is 9.76. The van der Waals surface area contributed by atoms with Gasteiger partial charge < -0.3 is 11.1 Å². The Morgan fingerprint density at radius 1 is 1.21 bits per heavy atom. The van der Waals surface area contributed by atoms with Crippen LogP contribution in [-0.2, 0) is 4.79 Å². The van der Waals surface area contributed by atoms with Crippen LogP contribution >= 0.6 is 0 Å². The number of benzene rings is 1. The molecule has 0 radical (unpaired) electrons. The standard InChI is InChI=1S/C16H26N2O/c1-16(2,3)13(11-12-17)9-10-15(19)18-14-7-5-4-6-8-14/h4-8,13H,9-12,17H2,1-3H3,(H,18,19). The van der Waals surface area contributed by atoms with Gasteiger partial charge in [-0.3, -0.25) is 4.79 Å². The Hall–Kier alpha value is -1.35. The molecule has 0 saturated carbocycles. The molecular formula is C16H26N2O. The zero-order valence-corrected chi connectivity index (χ0v) is 12.3. The van der Waals surface area contributed by atoms with E-state index in [-0.39, 0.29) is 11.3 Å². The molecule has 0 heterocycles. The molecule has 19 heavy (non-hydrogen) atoms. The molecule has 3 nitrogen and oxygen atoms in total. The van der Waals surface area contributed by atoms with E-state index in [4.69, 9.17) is 5.73 Å². The molecule has 1 aromatic carbocycles. The predicted molar refractivity (Wildman–Crippen MR) is 80.9 cm³/mol. The van der Waals surface area contributed by atoms with Crippen molar-refractivity contribution < 1.29 is 4.79 Å². The fourth-order valence-corrected chi connectivity index (χ4v) is 2.26. The van der Waals surface area contributed by atoms with Gasteiger partial charge in [-0.25, -0.2) is 0 Å². The van der Waals surface area contributed by atoms with E-state index in [0.717, 1.165) is 18.5 Å². The monoisotopic (exact) mass is 262 g/mol. The second kappa shape index (κ2) is 7.29. The molecule has 1 rings (SSSR count). The number of anilines is 1. The van der Waals surface area contributed by atoms with Crippen molar-refractivity contribution >= 4 is 11.6 Å². The van der Waals surface area contributed by atoms with Gasteiger partial charge in [0.1, 0.15) is 0 Å². The van der Waals surface area contributed by atoms with Gasteiger partial charge in [0.25, 0.3) is 0 Å². The number of nitrogens with two attached hydrogens (primary N) is 1. The Kier molecular flexibility index (Phi) is 6.03. The molecule has 3 heteroatoms. The van der Waals surface area contributed by atoms with Crippen LogP contribution in [0.2, 0.25) is 0 Å². The molecule has 0 aromatic heterocycles. The highest BCUT2D eigenvalue weighted by Crippen LogP contribution is 2.32. The molecule has 0 fully saturated rings. The Morgan fingerprint density at radius 2 is 1.84 bits per heavy atom. The highest BCUT2D eigenvalue weighted by Gasteiger charge is 2.24. The molecule has 0 spiro atoms. The fraction of sp³-hybridized carbons (Fsp3) is 0.562. The van der Waals surface area contributed by atoms with Gasteiger partial charge >= 0.3 is 0 Å². The van der Waals surface area contributed by atoms with E-state index in [1.165, 1.54) is 0 Å². The lowest BCUT2D eigenvalue weighted by Gasteiger charge is -2.30. The van der Waals surface area contributed by atoms with Crippen LogP contribution in [0, 0.1) is 11.3 Å². The normalized spacial score (nSPS) is 13.1. The maximum Gasteiger partial charge on any atom is 0.224 e. The summed E-state index contributed by atoms with van der Waals surface area (Å²) >= 11 is 0. The van der Waals surface area contributed by atoms with Gasteiger partial charge in [-0.1, -0.05) is 39.0 Å². The first-order valence-electron chi connectivity index (χ1n) is 6.98. The molecule has 0 aliphatic heterocycles. The van der Waals surface area contributed by atoms with Crippen LogP contribution in [0.25, 0.3) is 0 Å². The minimum Gasteiger partial charge on any atom is -0.330 e. The summed E-state index contributed by atoms with van der Waals surface area (Å²) in [6, 6.07) is 9.58. The van der Waals surface area contributed by atoms with E-state index < -0.39 is 0 Å². The van der Waals surface area contributed by atoms with Crippen molar-refractivity contribution in [3.63, 3.8) is 0 Å². The second-order valence-corrected chi connectivity index (χ2v) is 6.09. The highest BCUT2D eigenvalue weighted by atomic mass is 16.1. The topological polar surface area (TPSA) is 55.1 Å². The number of hydrogen-bond acceptors (Lipinski definition) is 2. The average molecular weight is 262 g/mol. The summed E-state index contributed by atoms with van der Waals surface area (Å²) in [4.78, 5) is 11.9. The number of rotatable bonds is 6. The van der Waals surface area contributed by atoms with Crippen molar-refractivity contribution in [3.05, 3.63) is 30.3 Å².